The molecule has 0 saturated carbocycles. The number of aryl methyl sites for hydroxylation is 1. The Kier molecular flexibility index (Phi) is 5.11. The second-order valence-electron chi connectivity index (χ2n) is 4.89. The van der Waals surface area contributed by atoms with Crippen molar-refractivity contribution in [2.45, 2.75) is 12.7 Å². The second-order valence-corrected chi connectivity index (χ2v) is 6.34. The Bertz CT molecular complexity index is 654. The number of rotatable bonds is 5. The normalized spacial score (nSPS) is 11.9. The molecule has 0 aliphatic carbocycles. The Balaban J connectivity index is 1.87. The van der Waals surface area contributed by atoms with Gasteiger partial charge in [-0.1, -0.05) is 29.8 Å². The number of carbonyl (C=O) groups is 1. The standard InChI is InChI=1S/C16H18N2O2S/c1-12-3-2-4-13(9-12)10-21(20)11-16(19)18-15-7-5-14(17)6-8-15/h2-9H,10-11,17H2,1H3,(H,18,19). The maximum Gasteiger partial charge on any atom is 0.237 e. The van der Waals surface area contributed by atoms with Crippen LogP contribution in [0.2, 0.25) is 0 Å². The number of hydrogen-bond donors (Lipinski definition) is 2. The van der Waals surface area contributed by atoms with Crippen LogP contribution in [0.3, 0.4) is 0 Å². The van der Waals surface area contributed by atoms with E-state index in [4.69, 9.17) is 5.73 Å². The molecule has 21 heavy (non-hydrogen) atoms. The summed E-state index contributed by atoms with van der Waals surface area (Å²) in [5.74, 6) is 0.112. The summed E-state index contributed by atoms with van der Waals surface area (Å²) >= 11 is 0. The first-order chi connectivity index (χ1) is 10.0. The average molecular weight is 302 g/mol. The molecule has 2 rings (SSSR count). The van der Waals surface area contributed by atoms with E-state index in [1.165, 1.54) is 0 Å². The number of hydrogen-bond acceptors (Lipinski definition) is 3. The fraction of sp³-hybridized carbons (Fsp3) is 0.188. The summed E-state index contributed by atoms with van der Waals surface area (Å²) in [6.07, 6.45) is 0. The van der Waals surface area contributed by atoms with E-state index in [2.05, 4.69) is 5.32 Å². The molecule has 2 aromatic carbocycles. The molecule has 4 nitrogen and oxygen atoms in total. The first-order valence-electron chi connectivity index (χ1n) is 6.59. The van der Waals surface area contributed by atoms with Crippen LogP contribution < -0.4 is 11.1 Å². The van der Waals surface area contributed by atoms with Gasteiger partial charge >= 0.3 is 0 Å². The van der Waals surface area contributed by atoms with E-state index in [9.17, 15) is 9.00 Å². The molecule has 0 fully saturated rings. The molecule has 1 amide bonds. The fourth-order valence-electron chi connectivity index (χ4n) is 1.95. The van der Waals surface area contributed by atoms with Crippen molar-refractivity contribution in [3.63, 3.8) is 0 Å². The predicted octanol–water partition coefficient (Wildman–Crippen LogP) is 2.46. The van der Waals surface area contributed by atoms with Crippen LogP contribution in [0.4, 0.5) is 11.4 Å². The number of nitrogen functional groups attached to an aromatic ring is 1. The van der Waals surface area contributed by atoms with Gasteiger partial charge in [0.2, 0.25) is 5.91 Å². The zero-order valence-corrected chi connectivity index (χ0v) is 12.7. The quantitative estimate of drug-likeness (QED) is 0.833. The summed E-state index contributed by atoms with van der Waals surface area (Å²) in [4.78, 5) is 11.8. The van der Waals surface area contributed by atoms with Gasteiger partial charge in [0.1, 0.15) is 5.75 Å². The molecule has 0 saturated heterocycles. The fourth-order valence-corrected chi connectivity index (χ4v) is 2.97. The van der Waals surface area contributed by atoms with Crippen LogP contribution >= 0.6 is 0 Å². The number of carbonyl (C=O) groups excluding carboxylic acids is 1. The van der Waals surface area contributed by atoms with Gasteiger partial charge < -0.3 is 11.1 Å². The molecule has 0 aliphatic rings. The third kappa shape index (κ3) is 5.04. The third-order valence-electron chi connectivity index (χ3n) is 2.90. The Labute approximate surface area is 126 Å². The van der Waals surface area contributed by atoms with Crippen LogP contribution in [-0.2, 0) is 21.3 Å². The van der Waals surface area contributed by atoms with Gasteiger partial charge in [-0.25, -0.2) is 0 Å². The smallest absolute Gasteiger partial charge is 0.237 e. The van der Waals surface area contributed by atoms with Crippen molar-refractivity contribution in [1.29, 1.82) is 0 Å². The van der Waals surface area contributed by atoms with Crippen LogP contribution in [0, 0.1) is 6.92 Å². The lowest BCUT2D eigenvalue weighted by Crippen LogP contribution is -2.20. The average Bonchev–Trinajstić information content (AvgIpc) is 2.41. The first kappa shape index (κ1) is 15.3. The SMILES string of the molecule is Cc1cccc(CS(=O)CC(=O)Nc2ccc(N)cc2)c1. The molecular formula is C16H18N2O2S. The minimum Gasteiger partial charge on any atom is -0.399 e. The van der Waals surface area contributed by atoms with Gasteiger partial charge in [0, 0.05) is 27.9 Å². The lowest BCUT2D eigenvalue weighted by Gasteiger charge is -2.06. The van der Waals surface area contributed by atoms with Crippen LogP contribution in [0.15, 0.2) is 48.5 Å². The molecule has 0 aliphatic heterocycles. The predicted molar refractivity (Wildman–Crippen MR) is 87.4 cm³/mol. The first-order valence-corrected chi connectivity index (χ1v) is 8.07. The van der Waals surface area contributed by atoms with Crippen LogP contribution in [0.1, 0.15) is 11.1 Å². The number of benzene rings is 2. The summed E-state index contributed by atoms with van der Waals surface area (Å²) < 4.78 is 12.0. The van der Waals surface area contributed by atoms with Crippen molar-refractivity contribution >= 4 is 28.1 Å². The van der Waals surface area contributed by atoms with E-state index in [1.54, 1.807) is 24.3 Å². The highest BCUT2D eigenvalue weighted by molar-refractivity contribution is 7.84. The molecule has 2 aromatic rings. The van der Waals surface area contributed by atoms with Crippen LogP contribution in [0.25, 0.3) is 0 Å². The highest BCUT2D eigenvalue weighted by Crippen LogP contribution is 2.11. The molecule has 0 spiro atoms. The van der Waals surface area contributed by atoms with Gasteiger partial charge in [0.15, 0.2) is 0 Å². The highest BCUT2D eigenvalue weighted by atomic mass is 32.2. The summed E-state index contributed by atoms with van der Waals surface area (Å²) in [5.41, 5.74) is 8.97. The molecular weight excluding hydrogens is 284 g/mol. The van der Waals surface area contributed by atoms with Crippen molar-refractivity contribution in [3.8, 4) is 0 Å². The number of amides is 1. The van der Waals surface area contributed by atoms with E-state index in [0.29, 0.717) is 17.1 Å². The maximum absolute atomic E-state index is 12.0. The monoisotopic (exact) mass is 302 g/mol. The van der Waals surface area contributed by atoms with E-state index < -0.39 is 10.8 Å². The van der Waals surface area contributed by atoms with Crippen molar-refractivity contribution in [2.75, 3.05) is 16.8 Å². The topological polar surface area (TPSA) is 72.2 Å². The molecule has 0 bridgehead atoms. The lowest BCUT2D eigenvalue weighted by molar-refractivity contribution is -0.113. The molecule has 5 heteroatoms. The maximum atomic E-state index is 12.0. The minimum absolute atomic E-state index is 0.0156. The molecule has 3 N–H and O–H groups in total. The van der Waals surface area contributed by atoms with Crippen LogP contribution in [0.5, 0.6) is 0 Å². The molecule has 0 aromatic heterocycles. The summed E-state index contributed by atoms with van der Waals surface area (Å²) in [7, 11) is -1.22. The van der Waals surface area contributed by atoms with Gasteiger partial charge in [0.25, 0.3) is 0 Å². The molecule has 1 unspecified atom stereocenters. The lowest BCUT2D eigenvalue weighted by atomic mass is 10.2. The Morgan fingerprint density at radius 2 is 1.90 bits per heavy atom. The zero-order chi connectivity index (χ0) is 15.2. The summed E-state index contributed by atoms with van der Waals surface area (Å²) in [6.45, 7) is 1.99. The van der Waals surface area contributed by atoms with Crippen molar-refractivity contribution in [1.82, 2.24) is 0 Å². The largest absolute Gasteiger partial charge is 0.399 e. The van der Waals surface area contributed by atoms with Crippen molar-refractivity contribution < 1.29 is 9.00 Å². The molecule has 0 radical (unpaired) electrons. The van der Waals surface area contributed by atoms with E-state index in [-0.39, 0.29) is 11.7 Å². The Hall–Kier alpha value is -2.14. The van der Waals surface area contributed by atoms with Crippen molar-refractivity contribution in [3.05, 3.63) is 59.7 Å². The minimum atomic E-state index is -1.22. The van der Waals surface area contributed by atoms with Gasteiger partial charge in [-0.3, -0.25) is 9.00 Å². The molecule has 0 heterocycles. The highest BCUT2D eigenvalue weighted by Gasteiger charge is 2.09. The Morgan fingerprint density at radius 3 is 2.57 bits per heavy atom. The number of nitrogens with one attached hydrogen (secondary N) is 1. The second kappa shape index (κ2) is 7.04. The van der Waals surface area contributed by atoms with E-state index in [0.717, 1.165) is 11.1 Å². The number of anilines is 2. The van der Waals surface area contributed by atoms with Gasteiger partial charge in [-0.05, 0) is 36.8 Å². The summed E-state index contributed by atoms with van der Waals surface area (Å²) in [5, 5.41) is 2.71. The van der Waals surface area contributed by atoms with E-state index >= 15 is 0 Å². The van der Waals surface area contributed by atoms with E-state index in [1.807, 2.05) is 31.2 Å². The zero-order valence-electron chi connectivity index (χ0n) is 11.8. The third-order valence-corrected chi connectivity index (χ3v) is 4.14. The van der Waals surface area contributed by atoms with Crippen molar-refractivity contribution in [2.24, 2.45) is 0 Å². The Morgan fingerprint density at radius 1 is 1.19 bits per heavy atom. The van der Waals surface area contributed by atoms with Gasteiger partial charge in [-0.2, -0.15) is 0 Å². The summed E-state index contributed by atoms with van der Waals surface area (Å²) in [6, 6.07) is 14.7. The molecule has 1 atom stereocenters. The number of nitrogens with two attached hydrogens (primary N) is 1. The van der Waals surface area contributed by atoms with Gasteiger partial charge in [0.05, 0.1) is 0 Å². The van der Waals surface area contributed by atoms with Gasteiger partial charge in [-0.15, -0.1) is 0 Å². The van der Waals surface area contributed by atoms with Crippen LogP contribution in [-0.4, -0.2) is 15.9 Å². The molecule has 110 valence electrons.